The number of rotatable bonds is 5. The summed E-state index contributed by atoms with van der Waals surface area (Å²) in [5.74, 6) is 0. The Labute approximate surface area is 177 Å². The van der Waals surface area contributed by atoms with Crippen molar-refractivity contribution in [2.24, 2.45) is 0 Å². The second-order valence-electron chi connectivity index (χ2n) is 8.74. The van der Waals surface area contributed by atoms with Gasteiger partial charge in [-0.3, -0.25) is 9.80 Å². The number of para-hydroxylation sites is 1. The highest BCUT2D eigenvalue weighted by molar-refractivity contribution is 5.85. The second kappa shape index (κ2) is 10.3. The maximum Gasteiger partial charge on any atom is 0.0411 e. The molecule has 0 bridgehead atoms. The summed E-state index contributed by atoms with van der Waals surface area (Å²) in [5.41, 5.74) is 2.94. The van der Waals surface area contributed by atoms with Gasteiger partial charge in [-0.1, -0.05) is 18.2 Å². The number of anilines is 1. The SMILES string of the molecule is CN1CCC(N(C)c2ccccc2CN2CCC(N3CCNCC3)C2)CC1.Cl. The van der Waals surface area contributed by atoms with E-state index in [1.807, 2.05) is 0 Å². The van der Waals surface area contributed by atoms with E-state index in [2.05, 4.69) is 63.3 Å². The molecular formula is C22H38ClN5. The first-order chi connectivity index (χ1) is 13.2. The average molecular weight is 408 g/mol. The monoisotopic (exact) mass is 407 g/mol. The zero-order valence-electron chi connectivity index (χ0n) is 17.6. The van der Waals surface area contributed by atoms with Crippen LogP contribution in [0.1, 0.15) is 24.8 Å². The molecule has 1 aromatic carbocycles. The van der Waals surface area contributed by atoms with Crippen LogP contribution >= 0.6 is 12.4 Å². The van der Waals surface area contributed by atoms with Crippen LogP contribution in [0.15, 0.2) is 24.3 Å². The number of benzene rings is 1. The molecule has 1 unspecified atom stereocenters. The number of likely N-dealkylation sites (tertiary alicyclic amines) is 2. The molecule has 1 N–H and O–H groups in total. The van der Waals surface area contributed by atoms with Gasteiger partial charge in [0.25, 0.3) is 0 Å². The fourth-order valence-electron chi connectivity index (χ4n) is 5.11. The van der Waals surface area contributed by atoms with Gasteiger partial charge in [-0.2, -0.15) is 0 Å². The summed E-state index contributed by atoms with van der Waals surface area (Å²) in [6.45, 7) is 10.7. The highest BCUT2D eigenvalue weighted by Crippen LogP contribution is 2.28. The van der Waals surface area contributed by atoms with Crippen LogP contribution in [0.5, 0.6) is 0 Å². The van der Waals surface area contributed by atoms with Gasteiger partial charge in [0, 0.05) is 70.6 Å². The van der Waals surface area contributed by atoms with E-state index in [0.717, 1.165) is 25.7 Å². The number of nitrogens with one attached hydrogen (secondary N) is 1. The summed E-state index contributed by atoms with van der Waals surface area (Å²) in [5, 5.41) is 3.48. The summed E-state index contributed by atoms with van der Waals surface area (Å²) in [4.78, 5) is 10.4. The molecule has 0 aliphatic carbocycles. The maximum atomic E-state index is 3.48. The summed E-state index contributed by atoms with van der Waals surface area (Å²) in [6, 6.07) is 10.5. The molecule has 6 heteroatoms. The van der Waals surface area contributed by atoms with Crippen molar-refractivity contribution in [3.63, 3.8) is 0 Å². The molecule has 0 amide bonds. The van der Waals surface area contributed by atoms with Crippen molar-refractivity contribution in [1.29, 1.82) is 0 Å². The minimum absolute atomic E-state index is 0. The molecule has 1 atom stereocenters. The van der Waals surface area contributed by atoms with E-state index in [9.17, 15) is 0 Å². The number of hydrogen-bond acceptors (Lipinski definition) is 5. The van der Waals surface area contributed by atoms with Crippen molar-refractivity contribution in [2.45, 2.75) is 37.9 Å². The zero-order chi connectivity index (χ0) is 18.6. The lowest BCUT2D eigenvalue weighted by molar-refractivity contribution is 0.170. The maximum absolute atomic E-state index is 3.48. The van der Waals surface area contributed by atoms with Crippen LogP contribution in [-0.4, -0.2) is 93.2 Å². The molecule has 0 spiro atoms. The first kappa shape index (κ1) is 21.8. The number of piperidine rings is 1. The van der Waals surface area contributed by atoms with Gasteiger partial charge in [0.2, 0.25) is 0 Å². The van der Waals surface area contributed by atoms with Crippen molar-refractivity contribution >= 4 is 18.1 Å². The van der Waals surface area contributed by atoms with Crippen molar-refractivity contribution < 1.29 is 0 Å². The Bertz CT molecular complexity index is 598. The minimum Gasteiger partial charge on any atom is -0.371 e. The third-order valence-corrected chi connectivity index (χ3v) is 6.92. The van der Waals surface area contributed by atoms with Crippen LogP contribution in [0.3, 0.4) is 0 Å². The molecule has 4 rings (SSSR count). The number of hydrogen-bond donors (Lipinski definition) is 1. The summed E-state index contributed by atoms with van der Waals surface area (Å²) < 4.78 is 0. The van der Waals surface area contributed by atoms with Crippen LogP contribution in [0.4, 0.5) is 5.69 Å². The predicted octanol–water partition coefficient (Wildman–Crippen LogP) is 2.12. The highest BCUT2D eigenvalue weighted by atomic mass is 35.5. The first-order valence-electron chi connectivity index (χ1n) is 10.9. The van der Waals surface area contributed by atoms with Gasteiger partial charge in [-0.05, 0) is 51.0 Å². The Kier molecular flexibility index (Phi) is 8.01. The van der Waals surface area contributed by atoms with E-state index in [1.165, 1.54) is 69.8 Å². The smallest absolute Gasteiger partial charge is 0.0411 e. The lowest BCUT2D eigenvalue weighted by atomic mass is 10.0. The van der Waals surface area contributed by atoms with Gasteiger partial charge in [-0.15, -0.1) is 12.4 Å². The van der Waals surface area contributed by atoms with E-state index >= 15 is 0 Å². The Morgan fingerprint density at radius 1 is 1.00 bits per heavy atom. The molecule has 3 fully saturated rings. The van der Waals surface area contributed by atoms with E-state index in [-0.39, 0.29) is 12.4 Å². The highest BCUT2D eigenvalue weighted by Gasteiger charge is 2.29. The Balaban J connectivity index is 0.00000225. The second-order valence-corrected chi connectivity index (χ2v) is 8.74. The summed E-state index contributed by atoms with van der Waals surface area (Å²) >= 11 is 0. The molecule has 0 aromatic heterocycles. The minimum atomic E-state index is 0. The molecule has 28 heavy (non-hydrogen) atoms. The van der Waals surface area contributed by atoms with Crippen molar-refractivity contribution in [1.82, 2.24) is 20.0 Å². The zero-order valence-corrected chi connectivity index (χ0v) is 18.5. The predicted molar refractivity (Wildman–Crippen MR) is 121 cm³/mol. The lowest BCUT2D eigenvalue weighted by Gasteiger charge is -2.37. The summed E-state index contributed by atoms with van der Waals surface area (Å²) in [7, 11) is 4.55. The normalized spacial score (nSPS) is 25.6. The van der Waals surface area contributed by atoms with E-state index in [1.54, 1.807) is 0 Å². The van der Waals surface area contributed by atoms with Crippen LogP contribution in [0, 0.1) is 0 Å². The first-order valence-corrected chi connectivity index (χ1v) is 10.9. The van der Waals surface area contributed by atoms with Crippen molar-refractivity contribution in [2.75, 3.05) is 71.4 Å². The van der Waals surface area contributed by atoms with Gasteiger partial charge in [0.05, 0.1) is 0 Å². The van der Waals surface area contributed by atoms with Gasteiger partial charge in [0.15, 0.2) is 0 Å². The number of halogens is 1. The molecule has 0 radical (unpaired) electrons. The van der Waals surface area contributed by atoms with Crippen molar-refractivity contribution in [3.05, 3.63) is 29.8 Å². The summed E-state index contributed by atoms with van der Waals surface area (Å²) in [6.07, 6.45) is 3.87. The van der Waals surface area contributed by atoms with Crippen LogP contribution < -0.4 is 10.2 Å². The molecular weight excluding hydrogens is 370 g/mol. The van der Waals surface area contributed by atoms with Gasteiger partial charge in [0.1, 0.15) is 0 Å². The van der Waals surface area contributed by atoms with E-state index in [0.29, 0.717) is 6.04 Å². The molecule has 0 saturated carbocycles. The molecule has 158 valence electrons. The van der Waals surface area contributed by atoms with Gasteiger partial charge in [-0.25, -0.2) is 0 Å². The van der Waals surface area contributed by atoms with Gasteiger partial charge >= 0.3 is 0 Å². The van der Waals surface area contributed by atoms with Crippen LogP contribution in [0.2, 0.25) is 0 Å². The largest absolute Gasteiger partial charge is 0.371 e. The van der Waals surface area contributed by atoms with Gasteiger partial charge < -0.3 is 15.1 Å². The number of piperazine rings is 1. The fourth-order valence-corrected chi connectivity index (χ4v) is 5.11. The third kappa shape index (κ3) is 5.19. The lowest BCUT2D eigenvalue weighted by Crippen LogP contribution is -2.49. The van der Waals surface area contributed by atoms with E-state index < -0.39 is 0 Å². The molecule has 5 nitrogen and oxygen atoms in total. The quantitative estimate of drug-likeness (QED) is 0.806. The Morgan fingerprint density at radius 3 is 2.46 bits per heavy atom. The topological polar surface area (TPSA) is 25.0 Å². The molecule has 3 aliphatic heterocycles. The van der Waals surface area contributed by atoms with E-state index in [4.69, 9.17) is 0 Å². The Hall–Kier alpha value is -0.850. The number of nitrogens with zero attached hydrogens (tertiary/aromatic N) is 4. The molecule has 1 aromatic rings. The average Bonchev–Trinajstić information content (AvgIpc) is 3.18. The molecule has 3 aliphatic rings. The standard InChI is InChI=1S/C22H37N5.ClH/c1-24-12-7-20(8-13-24)25(2)22-6-4-3-5-19(22)17-26-14-9-21(18-26)27-15-10-23-11-16-27;/h3-6,20-21,23H,7-18H2,1-2H3;1H. The van der Waals surface area contributed by atoms with Crippen molar-refractivity contribution in [3.8, 4) is 0 Å². The fraction of sp³-hybridized carbons (Fsp3) is 0.727. The van der Waals surface area contributed by atoms with Crippen LogP contribution in [-0.2, 0) is 6.54 Å². The third-order valence-electron chi connectivity index (χ3n) is 6.92. The van der Waals surface area contributed by atoms with Crippen LogP contribution in [0.25, 0.3) is 0 Å². The Morgan fingerprint density at radius 2 is 1.71 bits per heavy atom. The molecule has 3 heterocycles. The molecule has 3 saturated heterocycles.